The van der Waals surface area contributed by atoms with Crippen LogP contribution in [0.2, 0.25) is 0 Å². The molecule has 1 amide bonds. The molecule has 0 saturated carbocycles. The van der Waals surface area contributed by atoms with Crippen molar-refractivity contribution in [2.24, 2.45) is 10.8 Å². The first-order valence-electron chi connectivity index (χ1n) is 7.45. The Labute approximate surface area is 155 Å². The number of benzene rings is 2. The van der Waals surface area contributed by atoms with Crippen molar-refractivity contribution < 1.29 is 9.53 Å². The van der Waals surface area contributed by atoms with Gasteiger partial charge in [-0.1, -0.05) is 28.1 Å². The van der Waals surface area contributed by atoms with Crippen LogP contribution in [0.5, 0.6) is 5.75 Å². The highest BCUT2D eigenvalue weighted by molar-refractivity contribution is 9.10. The van der Waals surface area contributed by atoms with E-state index < -0.39 is 17.2 Å². The first kappa shape index (κ1) is 17.6. The number of carbonyl (C=O) groups is 1. The van der Waals surface area contributed by atoms with Crippen molar-refractivity contribution in [2.45, 2.75) is 0 Å². The van der Waals surface area contributed by atoms with Crippen LogP contribution in [-0.2, 0) is 4.79 Å². The van der Waals surface area contributed by atoms with Gasteiger partial charge in [-0.2, -0.15) is 5.10 Å². The second-order valence-corrected chi connectivity index (χ2v) is 6.19. The number of nitrogens with zero attached hydrogens (tertiary/aromatic N) is 2. The summed E-state index contributed by atoms with van der Waals surface area (Å²) in [7, 11) is 0. The monoisotopic (exact) mass is 416 g/mol. The van der Waals surface area contributed by atoms with Crippen molar-refractivity contribution in [3.63, 3.8) is 0 Å². The molecule has 0 bridgehead atoms. The lowest BCUT2D eigenvalue weighted by atomic mass is 10.2. The number of nitrogens with two attached hydrogens (primary N) is 1. The molecule has 0 atom stereocenters. The minimum absolute atomic E-state index is 0.307. The van der Waals surface area contributed by atoms with Crippen molar-refractivity contribution in [3.05, 3.63) is 73.3 Å². The van der Waals surface area contributed by atoms with Gasteiger partial charge in [-0.25, -0.2) is 4.79 Å². The van der Waals surface area contributed by atoms with E-state index in [2.05, 4.69) is 26.0 Å². The summed E-state index contributed by atoms with van der Waals surface area (Å²) in [5, 5.41) is 4.31. The van der Waals surface area contributed by atoms with E-state index >= 15 is 0 Å². The Balaban J connectivity index is 2.04. The van der Waals surface area contributed by atoms with Gasteiger partial charge in [0.2, 0.25) is 0 Å². The number of aromatic nitrogens is 2. The quantitative estimate of drug-likeness (QED) is 0.607. The van der Waals surface area contributed by atoms with Crippen LogP contribution in [0.3, 0.4) is 0 Å². The molecule has 1 heterocycles. The summed E-state index contributed by atoms with van der Waals surface area (Å²) in [6.07, 6.45) is 1.30. The molecule has 8 nitrogen and oxygen atoms in total. The van der Waals surface area contributed by atoms with Crippen molar-refractivity contribution >= 4 is 39.0 Å². The summed E-state index contributed by atoms with van der Waals surface area (Å²) in [6, 6.07) is 11.6. The number of fused-ring (bicyclic) bond motifs is 1. The van der Waals surface area contributed by atoms with E-state index in [1.54, 1.807) is 42.5 Å². The van der Waals surface area contributed by atoms with Gasteiger partial charge in [0.1, 0.15) is 5.75 Å². The Morgan fingerprint density at radius 1 is 1.27 bits per heavy atom. The topological polar surface area (TPSA) is 120 Å². The normalized spacial score (nSPS) is 11.1. The van der Waals surface area contributed by atoms with Gasteiger partial charge in [0.15, 0.2) is 6.61 Å². The Hall–Kier alpha value is -3.20. The van der Waals surface area contributed by atoms with E-state index in [1.165, 1.54) is 6.21 Å². The molecular formula is C17H13BrN4O4. The molecule has 0 spiro atoms. The number of H-pyrrole nitrogens is 1. The van der Waals surface area contributed by atoms with E-state index in [9.17, 15) is 14.4 Å². The number of hydrogen-bond donors (Lipinski definition) is 2. The van der Waals surface area contributed by atoms with E-state index in [1.807, 2.05) is 0 Å². The minimum atomic E-state index is -0.667. The summed E-state index contributed by atoms with van der Waals surface area (Å²) >= 11 is 3.32. The number of halogens is 1. The highest BCUT2D eigenvalue weighted by atomic mass is 79.9. The summed E-state index contributed by atoms with van der Waals surface area (Å²) in [4.78, 5) is 38.1. The predicted octanol–water partition coefficient (Wildman–Crippen LogP) is 1.20. The van der Waals surface area contributed by atoms with Gasteiger partial charge in [0, 0.05) is 10.0 Å². The molecule has 3 aromatic rings. The molecule has 2 aromatic carbocycles. The van der Waals surface area contributed by atoms with Crippen molar-refractivity contribution in [1.82, 2.24) is 9.66 Å². The second kappa shape index (κ2) is 7.36. The molecule has 0 aliphatic carbocycles. The molecule has 0 fully saturated rings. The standard InChI is InChI=1S/C17H13BrN4O4/c18-11-5-6-14(26-9-15(19)23)10(7-11)8-20-22-16(24)12-3-1-2-4-13(12)21-17(22)25/h1-8H,9H2,(H2,19,23)(H,21,25). The van der Waals surface area contributed by atoms with Gasteiger partial charge in [0.05, 0.1) is 17.1 Å². The zero-order valence-electron chi connectivity index (χ0n) is 13.3. The summed E-state index contributed by atoms with van der Waals surface area (Å²) < 4.78 is 6.76. The Bertz CT molecular complexity index is 1130. The van der Waals surface area contributed by atoms with Crippen LogP contribution in [0.4, 0.5) is 0 Å². The summed E-state index contributed by atoms with van der Waals surface area (Å²) in [6.45, 7) is -0.307. The van der Waals surface area contributed by atoms with Gasteiger partial charge in [-0.15, -0.1) is 4.68 Å². The fourth-order valence-corrected chi connectivity index (χ4v) is 2.66. The second-order valence-electron chi connectivity index (χ2n) is 5.27. The van der Waals surface area contributed by atoms with Crippen LogP contribution >= 0.6 is 15.9 Å². The molecule has 0 radical (unpaired) electrons. The average molecular weight is 417 g/mol. The highest BCUT2D eigenvalue weighted by Gasteiger charge is 2.08. The summed E-state index contributed by atoms with van der Waals surface area (Å²) in [5.41, 5.74) is 4.76. The van der Waals surface area contributed by atoms with Gasteiger partial charge in [0.25, 0.3) is 11.5 Å². The molecule has 0 unspecified atom stereocenters. The van der Waals surface area contributed by atoms with E-state index in [0.717, 1.165) is 9.15 Å². The molecule has 3 rings (SSSR count). The number of amides is 1. The first-order chi connectivity index (χ1) is 12.5. The number of aromatic amines is 1. The number of rotatable bonds is 5. The van der Waals surface area contributed by atoms with Gasteiger partial charge >= 0.3 is 5.69 Å². The van der Waals surface area contributed by atoms with Crippen LogP contribution in [0.25, 0.3) is 10.9 Å². The predicted molar refractivity (Wildman–Crippen MR) is 101 cm³/mol. The number of primary amides is 1. The molecule has 26 heavy (non-hydrogen) atoms. The fourth-order valence-electron chi connectivity index (χ4n) is 2.28. The van der Waals surface area contributed by atoms with Crippen molar-refractivity contribution in [3.8, 4) is 5.75 Å². The maximum absolute atomic E-state index is 12.5. The molecule has 9 heteroatoms. The van der Waals surface area contributed by atoms with Crippen LogP contribution in [0.1, 0.15) is 5.56 Å². The Morgan fingerprint density at radius 2 is 2.04 bits per heavy atom. The molecule has 3 N–H and O–H groups in total. The van der Waals surface area contributed by atoms with E-state index in [4.69, 9.17) is 10.5 Å². The van der Waals surface area contributed by atoms with Crippen LogP contribution < -0.4 is 21.7 Å². The lowest BCUT2D eigenvalue weighted by Gasteiger charge is -2.07. The lowest BCUT2D eigenvalue weighted by molar-refractivity contribution is -0.119. The molecule has 132 valence electrons. The lowest BCUT2D eigenvalue weighted by Crippen LogP contribution is -2.32. The first-order valence-corrected chi connectivity index (χ1v) is 8.24. The third kappa shape index (κ3) is 3.72. The minimum Gasteiger partial charge on any atom is -0.483 e. The number of para-hydroxylation sites is 1. The Kier molecular flexibility index (Phi) is 4.99. The van der Waals surface area contributed by atoms with Gasteiger partial charge in [-0.3, -0.25) is 9.59 Å². The Morgan fingerprint density at radius 3 is 2.81 bits per heavy atom. The van der Waals surface area contributed by atoms with Crippen LogP contribution in [0, 0.1) is 0 Å². The third-order valence-corrected chi connectivity index (χ3v) is 3.93. The third-order valence-electron chi connectivity index (χ3n) is 3.44. The smallest absolute Gasteiger partial charge is 0.349 e. The summed E-state index contributed by atoms with van der Waals surface area (Å²) in [5.74, 6) is -0.293. The van der Waals surface area contributed by atoms with Crippen LogP contribution in [0.15, 0.2) is 61.6 Å². The SMILES string of the molecule is NC(=O)COc1ccc(Br)cc1C=Nn1c(=O)[nH]c2ccccc2c1=O. The zero-order chi connectivity index (χ0) is 18.7. The number of hydrogen-bond acceptors (Lipinski definition) is 5. The number of ether oxygens (including phenoxy) is 1. The van der Waals surface area contributed by atoms with E-state index in [-0.39, 0.29) is 6.61 Å². The largest absolute Gasteiger partial charge is 0.483 e. The van der Waals surface area contributed by atoms with Crippen LogP contribution in [-0.4, -0.2) is 28.4 Å². The molecule has 0 aliphatic rings. The molecule has 0 saturated heterocycles. The van der Waals surface area contributed by atoms with Crippen molar-refractivity contribution in [2.75, 3.05) is 6.61 Å². The van der Waals surface area contributed by atoms with Gasteiger partial charge in [-0.05, 0) is 30.3 Å². The highest BCUT2D eigenvalue weighted by Crippen LogP contribution is 2.21. The van der Waals surface area contributed by atoms with E-state index in [0.29, 0.717) is 22.2 Å². The fraction of sp³-hybridized carbons (Fsp3) is 0.0588. The molecular weight excluding hydrogens is 404 g/mol. The van der Waals surface area contributed by atoms with Gasteiger partial charge < -0.3 is 15.5 Å². The average Bonchev–Trinajstić information content (AvgIpc) is 2.60. The number of nitrogens with one attached hydrogen (secondary N) is 1. The maximum Gasteiger partial charge on any atom is 0.349 e. The zero-order valence-corrected chi connectivity index (χ0v) is 14.9. The molecule has 0 aliphatic heterocycles. The maximum atomic E-state index is 12.5. The van der Waals surface area contributed by atoms with Crippen molar-refractivity contribution in [1.29, 1.82) is 0 Å². The molecule has 1 aromatic heterocycles. The number of carbonyl (C=O) groups excluding carboxylic acids is 1.